The van der Waals surface area contributed by atoms with Gasteiger partial charge in [0.25, 0.3) is 0 Å². The molecule has 10 aromatic carbocycles. The van der Waals surface area contributed by atoms with E-state index in [1.54, 1.807) is 0 Å². The molecule has 2 aromatic heterocycles. The van der Waals surface area contributed by atoms with Gasteiger partial charge in [0, 0.05) is 49.9 Å². The zero-order valence-electron chi connectivity index (χ0n) is 34.4. The summed E-state index contributed by atoms with van der Waals surface area (Å²) >= 11 is 0. The number of anilines is 3. The first-order chi connectivity index (χ1) is 31.2. The van der Waals surface area contributed by atoms with Crippen molar-refractivity contribution in [2.24, 2.45) is 0 Å². The van der Waals surface area contributed by atoms with Crippen LogP contribution in [0.3, 0.4) is 0 Å². The van der Waals surface area contributed by atoms with Crippen LogP contribution >= 0.6 is 0 Å². The fourth-order valence-corrected chi connectivity index (χ4v) is 9.33. The van der Waals surface area contributed by atoms with Crippen molar-refractivity contribution in [3.8, 4) is 50.2 Å². The first-order valence-electron chi connectivity index (χ1n) is 21.5. The summed E-state index contributed by atoms with van der Waals surface area (Å²) < 4.78 is 8.75. The minimum Gasteiger partial charge on any atom is -0.455 e. The van der Waals surface area contributed by atoms with E-state index >= 15 is 0 Å². The zero-order valence-corrected chi connectivity index (χ0v) is 34.4. The minimum atomic E-state index is 0.911. The Morgan fingerprint density at radius 3 is 1.33 bits per heavy atom. The van der Waals surface area contributed by atoms with E-state index in [4.69, 9.17) is 4.42 Å². The highest BCUT2D eigenvalue weighted by molar-refractivity contribution is 6.10. The van der Waals surface area contributed by atoms with E-state index in [2.05, 4.69) is 240 Å². The average molecular weight is 805 g/mol. The summed E-state index contributed by atoms with van der Waals surface area (Å²) in [5.74, 6) is 0. The lowest BCUT2D eigenvalue weighted by molar-refractivity contribution is 0.670. The first-order valence-corrected chi connectivity index (χ1v) is 21.5. The van der Waals surface area contributed by atoms with Gasteiger partial charge in [-0.05, 0) is 99.6 Å². The van der Waals surface area contributed by atoms with Crippen LogP contribution < -0.4 is 4.90 Å². The molecule has 12 rings (SSSR count). The maximum atomic E-state index is 6.37. The quantitative estimate of drug-likeness (QED) is 0.153. The van der Waals surface area contributed by atoms with Gasteiger partial charge in [0.05, 0.1) is 11.0 Å². The molecule has 0 aliphatic carbocycles. The van der Waals surface area contributed by atoms with Crippen LogP contribution in [0.4, 0.5) is 17.1 Å². The first kappa shape index (κ1) is 36.5. The molecule has 0 saturated carbocycles. The van der Waals surface area contributed by atoms with Crippen molar-refractivity contribution in [2.45, 2.75) is 0 Å². The molecule has 3 heteroatoms. The molecular formula is C60H40N2O. The molecule has 3 nitrogen and oxygen atoms in total. The van der Waals surface area contributed by atoms with Crippen LogP contribution in [0.25, 0.3) is 93.9 Å². The molecule has 0 fully saturated rings. The molecule has 12 aromatic rings. The van der Waals surface area contributed by atoms with Gasteiger partial charge in [-0.15, -0.1) is 0 Å². The minimum absolute atomic E-state index is 0.911. The summed E-state index contributed by atoms with van der Waals surface area (Å²) in [6.07, 6.45) is 0. The van der Waals surface area contributed by atoms with Gasteiger partial charge in [-0.25, -0.2) is 0 Å². The van der Waals surface area contributed by atoms with Crippen LogP contribution in [0, 0.1) is 0 Å². The van der Waals surface area contributed by atoms with Gasteiger partial charge in [0.15, 0.2) is 0 Å². The summed E-state index contributed by atoms with van der Waals surface area (Å²) in [5.41, 5.74) is 17.9. The number of furan rings is 1. The zero-order chi connectivity index (χ0) is 41.7. The molecule has 0 bridgehead atoms. The Hall–Kier alpha value is -8.40. The van der Waals surface area contributed by atoms with Crippen molar-refractivity contribution >= 4 is 60.8 Å². The molecule has 0 unspecified atom stereocenters. The smallest absolute Gasteiger partial charge is 0.143 e. The Morgan fingerprint density at radius 1 is 0.302 bits per heavy atom. The Balaban J connectivity index is 0.911. The molecule has 0 aliphatic rings. The number of hydrogen-bond acceptors (Lipinski definition) is 2. The third-order valence-corrected chi connectivity index (χ3v) is 12.4. The highest BCUT2D eigenvalue weighted by atomic mass is 16.3. The van der Waals surface area contributed by atoms with Gasteiger partial charge in [-0.2, -0.15) is 0 Å². The van der Waals surface area contributed by atoms with Crippen molar-refractivity contribution in [1.82, 2.24) is 4.57 Å². The number of fused-ring (bicyclic) bond motifs is 6. The second kappa shape index (κ2) is 15.3. The molecule has 2 heterocycles. The second-order valence-electron chi connectivity index (χ2n) is 16.1. The fourth-order valence-electron chi connectivity index (χ4n) is 9.33. The standard InChI is InChI=1S/C60H40N2O/c1-2-12-41(13-3-1)42-24-26-43(27-25-42)45-32-36-48(37-33-45)61(50-14-10-15-51(40-50)62-57-21-7-4-16-53(57)54-17-5-8-22-58(54)62)49-38-34-46(35-39-49)44-28-30-47(31-29-44)52-19-11-20-56-55-18-6-9-23-59(55)63-60(52)56/h1-40H. The molecule has 0 atom stereocenters. The van der Waals surface area contributed by atoms with Crippen molar-refractivity contribution in [3.63, 3.8) is 0 Å². The third-order valence-electron chi connectivity index (χ3n) is 12.4. The van der Waals surface area contributed by atoms with E-state index in [-0.39, 0.29) is 0 Å². The summed E-state index contributed by atoms with van der Waals surface area (Å²) in [7, 11) is 0. The van der Waals surface area contributed by atoms with E-state index in [9.17, 15) is 0 Å². The van der Waals surface area contributed by atoms with Crippen LogP contribution in [-0.2, 0) is 0 Å². The lowest BCUT2D eigenvalue weighted by atomic mass is 9.98. The number of hydrogen-bond donors (Lipinski definition) is 0. The SMILES string of the molecule is c1ccc(-c2ccc(-c3ccc(N(c4ccc(-c5ccc(-c6cccc7c6oc6ccccc67)cc5)cc4)c4cccc(-n5c6ccccc6c6ccccc65)c4)cc3)cc2)cc1. The van der Waals surface area contributed by atoms with Gasteiger partial charge in [0.2, 0.25) is 0 Å². The largest absolute Gasteiger partial charge is 0.455 e. The van der Waals surface area contributed by atoms with E-state index in [1.807, 2.05) is 12.1 Å². The van der Waals surface area contributed by atoms with Crippen LogP contribution in [0.15, 0.2) is 247 Å². The number of aromatic nitrogens is 1. The molecule has 296 valence electrons. The summed E-state index contributed by atoms with van der Waals surface area (Å²) in [5, 5.41) is 4.78. The van der Waals surface area contributed by atoms with Gasteiger partial charge < -0.3 is 13.9 Å². The molecule has 0 amide bonds. The average Bonchev–Trinajstić information content (AvgIpc) is 3.91. The topological polar surface area (TPSA) is 21.3 Å². The van der Waals surface area contributed by atoms with Crippen molar-refractivity contribution in [2.75, 3.05) is 4.90 Å². The van der Waals surface area contributed by atoms with E-state index in [0.717, 1.165) is 66.9 Å². The maximum absolute atomic E-state index is 6.37. The molecule has 63 heavy (non-hydrogen) atoms. The van der Waals surface area contributed by atoms with Crippen LogP contribution in [-0.4, -0.2) is 4.57 Å². The Kier molecular flexibility index (Phi) is 8.83. The predicted molar refractivity (Wildman–Crippen MR) is 264 cm³/mol. The second-order valence-corrected chi connectivity index (χ2v) is 16.1. The number of nitrogens with zero attached hydrogens (tertiary/aromatic N) is 2. The Morgan fingerprint density at radius 2 is 0.746 bits per heavy atom. The third kappa shape index (κ3) is 6.46. The molecule has 0 saturated heterocycles. The lowest BCUT2D eigenvalue weighted by Crippen LogP contribution is -2.10. The predicted octanol–water partition coefficient (Wildman–Crippen LogP) is 16.8. The Labute approximate surface area is 366 Å². The molecule has 0 N–H and O–H groups in total. The highest BCUT2D eigenvalue weighted by Crippen LogP contribution is 2.41. The lowest BCUT2D eigenvalue weighted by Gasteiger charge is -2.26. The van der Waals surface area contributed by atoms with Gasteiger partial charge in [0.1, 0.15) is 11.2 Å². The monoisotopic (exact) mass is 804 g/mol. The van der Waals surface area contributed by atoms with Gasteiger partial charge in [-0.3, -0.25) is 0 Å². The number of para-hydroxylation sites is 4. The van der Waals surface area contributed by atoms with Crippen LogP contribution in [0.1, 0.15) is 0 Å². The van der Waals surface area contributed by atoms with Gasteiger partial charge >= 0.3 is 0 Å². The van der Waals surface area contributed by atoms with Crippen molar-refractivity contribution in [1.29, 1.82) is 0 Å². The highest BCUT2D eigenvalue weighted by Gasteiger charge is 2.18. The molecule has 0 radical (unpaired) electrons. The molecule has 0 aliphatic heterocycles. The molecular weight excluding hydrogens is 765 g/mol. The van der Waals surface area contributed by atoms with E-state index in [0.29, 0.717) is 0 Å². The van der Waals surface area contributed by atoms with Crippen molar-refractivity contribution < 1.29 is 4.42 Å². The maximum Gasteiger partial charge on any atom is 0.143 e. The number of benzene rings is 10. The molecule has 0 spiro atoms. The summed E-state index contributed by atoms with van der Waals surface area (Å²) in [4.78, 5) is 2.36. The van der Waals surface area contributed by atoms with Gasteiger partial charge in [-0.1, -0.05) is 182 Å². The van der Waals surface area contributed by atoms with Crippen molar-refractivity contribution in [3.05, 3.63) is 243 Å². The number of rotatable bonds is 8. The van der Waals surface area contributed by atoms with E-state index < -0.39 is 0 Å². The normalized spacial score (nSPS) is 11.5. The Bertz CT molecular complexity index is 3530. The summed E-state index contributed by atoms with van der Waals surface area (Å²) in [6, 6.07) is 87.1. The van der Waals surface area contributed by atoms with Crippen LogP contribution in [0.5, 0.6) is 0 Å². The van der Waals surface area contributed by atoms with E-state index in [1.165, 1.54) is 44.1 Å². The van der Waals surface area contributed by atoms with Crippen LogP contribution in [0.2, 0.25) is 0 Å². The summed E-state index contributed by atoms with van der Waals surface area (Å²) in [6.45, 7) is 0. The fraction of sp³-hybridized carbons (Fsp3) is 0.